The Bertz CT molecular complexity index is 2490. The normalized spacial score (nSPS) is 12.1. The Hall–Kier alpha value is -6.14. The van der Waals surface area contributed by atoms with Gasteiger partial charge in [-0.2, -0.15) is 0 Å². The van der Waals surface area contributed by atoms with Crippen molar-refractivity contribution in [3.8, 4) is 11.9 Å². The third kappa shape index (κ3) is 3.08. The summed E-state index contributed by atoms with van der Waals surface area (Å²) >= 11 is 0. The van der Waals surface area contributed by atoms with Crippen molar-refractivity contribution in [1.29, 1.82) is 0 Å². The fraction of sp³-hybridized carbons (Fsp3) is 0. The van der Waals surface area contributed by atoms with Crippen LogP contribution in [0.3, 0.4) is 0 Å². The second kappa shape index (κ2) is 8.69. The third-order valence-corrected chi connectivity index (χ3v) is 8.84. The Labute approximate surface area is 250 Å². The number of fused-ring (bicyclic) bond motifs is 12. The lowest BCUT2D eigenvalue weighted by Gasteiger charge is -2.13. The van der Waals surface area contributed by atoms with Crippen LogP contribution in [-0.2, 0) is 0 Å². The highest BCUT2D eigenvalue weighted by Crippen LogP contribution is 2.36. The molecule has 204 valence electrons. The molecule has 0 N–H and O–H groups in total. The smallest absolute Gasteiger partial charge is 0.235 e. The number of hydrogen-bond acceptors (Lipinski definition) is 4. The van der Waals surface area contributed by atoms with Crippen molar-refractivity contribution in [3.05, 3.63) is 134 Å². The van der Waals surface area contributed by atoms with E-state index in [4.69, 9.17) is 19.9 Å². The summed E-state index contributed by atoms with van der Waals surface area (Å²) in [5, 5.41) is 8.78. The fourth-order valence-corrected chi connectivity index (χ4v) is 6.94. The van der Waals surface area contributed by atoms with Crippen LogP contribution in [0.25, 0.3) is 88.1 Å². The average Bonchev–Trinajstić information content (AvgIpc) is 3.61. The molecule has 44 heavy (non-hydrogen) atoms. The molecule has 6 aromatic carbocycles. The summed E-state index contributed by atoms with van der Waals surface area (Å²) < 4.78 is 4.31. The second-order valence-electron chi connectivity index (χ2n) is 11.1. The molecule has 6 heteroatoms. The van der Waals surface area contributed by atoms with Gasteiger partial charge in [0.05, 0.1) is 22.1 Å². The van der Waals surface area contributed by atoms with Gasteiger partial charge in [0, 0.05) is 44.7 Å². The molecule has 0 saturated heterocycles. The van der Waals surface area contributed by atoms with Crippen LogP contribution in [0, 0.1) is 0 Å². The van der Waals surface area contributed by atoms with Gasteiger partial charge in [0.25, 0.3) is 0 Å². The maximum atomic E-state index is 5.30. The topological polar surface area (TPSA) is 61.4 Å². The van der Waals surface area contributed by atoms with E-state index >= 15 is 0 Å². The van der Waals surface area contributed by atoms with Crippen molar-refractivity contribution in [3.63, 3.8) is 0 Å². The van der Waals surface area contributed by atoms with E-state index in [9.17, 15) is 0 Å². The molecule has 0 spiro atoms. The molecule has 0 fully saturated rings. The predicted molar refractivity (Wildman–Crippen MR) is 179 cm³/mol. The highest BCUT2D eigenvalue weighted by Gasteiger charge is 2.19. The predicted octanol–water partition coefficient (Wildman–Crippen LogP) is 8.92. The Morgan fingerprint density at radius 3 is 0.955 bits per heavy atom. The van der Waals surface area contributed by atoms with Gasteiger partial charge in [0.2, 0.25) is 11.9 Å². The van der Waals surface area contributed by atoms with E-state index in [1.807, 2.05) is 12.4 Å². The van der Waals surface area contributed by atoms with Gasteiger partial charge < -0.3 is 0 Å². The monoisotopic (exact) mass is 562 g/mol. The first kappa shape index (κ1) is 23.4. The first-order valence-corrected chi connectivity index (χ1v) is 14.7. The Morgan fingerprint density at radius 1 is 0.318 bits per heavy atom. The second-order valence-corrected chi connectivity index (χ2v) is 11.1. The molecule has 0 saturated carbocycles. The van der Waals surface area contributed by atoms with Gasteiger partial charge in [-0.25, -0.2) is 19.9 Å². The standard InChI is InChI=1S/C38H22N6/c1-2-12-24-23(11-1)29-21-39-37(43-31-17-7-3-13-25(31)26-14-4-8-18-32(26)43)41-35(29)36-30(24)22-40-38(42-36)44-33-19-9-5-15-27(33)28-16-6-10-20-34(28)44/h1-22H. The van der Waals surface area contributed by atoms with Crippen LogP contribution in [0.2, 0.25) is 0 Å². The van der Waals surface area contributed by atoms with Crippen LogP contribution in [0.4, 0.5) is 0 Å². The molecule has 0 amide bonds. The summed E-state index contributed by atoms with van der Waals surface area (Å²) in [5.41, 5.74) is 5.87. The van der Waals surface area contributed by atoms with Gasteiger partial charge in [-0.3, -0.25) is 9.13 Å². The Balaban J connectivity index is 1.33. The van der Waals surface area contributed by atoms with Crippen molar-refractivity contribution < 1.29 is 0 Å². The molecular weight excluding hydrogens is 540 g/mol. The minimum Gasteiger partial charge on any atom is -0.278 e. The summed E-state index contributed by atoms with van der Waals surface area (Å²) in [4.78, 5) is 20.5. The zero-order chi connectivity index (χ0) is 28.8. The van der Waals surface area contributed by atoms with Crippen molar-refractivity contribution in [2.75, 3.05) is 0 Å². The average molecular weight is 563 g/mol. The number of para-hydroxylation sites is 4. The van der Waals surface area contributed by atoms with Crippen LogP contribution in [0.5, 0.6) is 0 Å². The van der Waals surface area contributed by atoms with Crippen LogP contribution in [-0.4, -0.2) is 29.1 Å². The quantitative estimate of drug-likeness (QED) is 0.197. The summed E-state index contributed by atoms with van der Waals surface area (Å²) in [6, 6.07) is 42.1. The summed E-state index contributed by atoms with van der Waals surface area (Å²) in [6.07, 6.45) is 3.90. The first-order chi connectivity index (χ1) is 21.8. The zero-order valence-electron chi connectivity index (χ0n) is 23.4. The van der Waals surface area contributed by atoms with Gasteiger partial charge in [-0.15, -0.1) is 0 Å². The van der Waals surface area contributed by atoms with E-state index in [1.165, 1.54) is 21.5 Å². The zero-order valence-corrected chi connectivity index (χ0v) is 23.4. The molecule has 0 radical (unpaired) electrons. The molecule has 6 nitrogen and oxygen atoms in total. The van der Waals surface area contributed by atoms with Crippen molar-refractivity contribution in [2.45, 2.75) is 0 Å². The van der Waals surface area contributed by atoms with E-state index in [2.05, 4.69) is 130 Å². The van der Waals surface area contributed by atoms with Crippen LogP contribution in [0.1, 0.15) is 0 Å². The van der Waals surface area contributed by atoms with E-state index in [1.54, 1.807) is 0 Å². The maximum Gasteiger partial charge on any atom is 0.235 e. The molecule has 0 aliphatic carbocycles. The minimum atomic E-state index is 0.614. The summed E-state index contributed by atoms with van der Waals surface area (Å²) in [7, 11) is 0. The fourth-order valence-electron chi connectivity index (χ4n) is 6.94. The van der Waals surface area contributed by atoms with Crippen molar-refractivity contribution in [1.82, 2.24) is 29.1 Å². The molecule has 0 aliphatic rings. The SMILES string of the molecule is c1ccc2c(c1)c1cnc(-n3c4ccccc4c4ccccc43)nc1c1nc(-n3c4ccccc4c4ccccc43)ncc21. The van der Waals surface area contributed by atoms with Crippen LogP contribution < -0.4 is 0 Å². The molecule has 4 heterocycles. The van der Waals surface area contributed by atoms with Crippen LogP contribution in [0.15, 0.2) is 134 Å². The first-order valence-electron chi connectivity index (χ1n) is 14.7. The van der Waals surface area contributed by atoms with Gasteiger partial charge in [-0.1, -0.05) is 97.1 Å². The van der Waals surface area contributed by atoms with Crippen molar-refractivity contribution in [2.24, 2.45) is 0 Å². The molecule has 0 aliphatic heterocycles. The molecule has 0 bridgehead atoms. The molecule has 0 atom stereocenters. The van der Waals surface area contributed by atoms with Gasteiger partial charge in [-0.05, 0) is 35.0 Å². The molecule has 0 unspecified atom stereocenters. The highest BCUT2D eigenvalue weighted by molar-refractivity contribution is 6.23. The van der Waals surface area contributed by atoms with Gasteiger partial charge in [0.1, 0.15) is 11.0 Å². The number of benzene rings is 6. The van der Waals surface area contributed by atoms with E-state index < -0.39 is 0 Å². The summed E-state index contributed by atoms with van der Waals surface area (Å²) in [6.45, 7) is 0. The van der Waals surface area contributed by atoms with Gasteiger partial charge in [0.15, 0.2) is 0 Å². The Morgan fingerprint density at radius 2 is 0.614 bits per heavy atom. The molecular formula is C38H22N6. The molecule has 10 aromatic rings. The molecule has 10 rings (SSSR count). The van der Waals surface area contributed by atoms with E-state index in [0.29, 0.717) is 11.9 Å². The number of nitrogens with zero attached hydrogens (tertiary/aromatic N) is 6. The lowest BCUT2D eigenvalue weighted by molar-refractivity contribution is 1.00. The number of hydrogen-bond donors (Lipinski definition) is 0. The third-order valence-electron chi connectivity index (χ3n) is 8.84. The maximum absolute atomic E-state index is 5.30. The molecule has 4 aromatic heterocycles. The van der Waals surface area contributed by atoms with Crippen LogP contribution >= 0.6 is 0 Å². The summed E-state index contributed by atoms with van der Waals surface area (Å²) in [5.74, 6) is 1.23. The number of aromatic nitrogens is 6. The van der Waals surface area contributed by atoms with Crippen molar-refractivity contribution >= 4 is 76.2 Å². The van der Waals surface area contributed by atoms with E-state index in [-0.39, 0.29) is 0 Å². The van der Waals surface area contributed by atoms with E-state index in [0.717, 1.165) is 54.6 Å². The lowest BCUT2D eigenvalue weighted by Crippen LogP contribution is -2.04. The van der Waals surface area contributed by atoms with Gasteiger partial charge >= 0.3 is 0 Å². The largest absolute Gasteiger partial charge is 0.278 e. The number of rotatable bonds is 2. The lowest BCUT2D eigenvalue weighted by atomic mass is 10.0. The highest BCUT2D eigenvalue weighted by atomic mass is 15.2. The Kier molecular flexibility index (Phi) is 4.63. The minimum absolute atomic E-state index is 0.614.